The fourth-order valence-corrected chi connectivity index (χ4v) is 1.08. The second-order valence-electron chi connectivity index (χ2n) is 2.39. The maximum atomic E-state index is 8.91. The van der Waals surface area contributed by atoms with E-state index in [1.807, 2.05) is 0 Å². The minimum absolute atomic E-state index is 0.0359. The molecule has 3 heteroatoms. The Kier molecular flexibility index (Phi) is 8.06. The summed E-state index contributed by atoms with van der Waals surface area (Å²) in [5, 5.41) is 9.10. The molecule has 0 heterocycles. The van der Waals surface area contributed by atoms with E-state index in [4.69, 9.17) is 28.3 Å². The van der Waals surface area contributed by atoms with Gasteiger partial charge in [0.15, 0.2) is 0 Å². The van der Waals surface area contributed by atoms with Crippen LogP contribution in [-0.2, 0) is 0 Å². The van der Waals surface area contributed by atoms with E-state index in [1.54, 1.807) is 0 Å². The first-order chi connectivity index (χ1) is 4.81. The van der Waals surface area contributed by atoms with Gasteiger partial charge in [0.1, 0.15) is 0 Å². The SMILES string of the molecule is ClCCl.OC1CCCCC1. The standard InChI is InChI=1S/C6H12O.CH2Cl2/c7-6-4-2-1-3-5-6;2-1-3/h6-7H,1-5H2;1H2. The van der Waals surface area contributed by atoms with Gasteiger partial charge in [-0.25, -0.2) is 0 Å². The van der Waals surface area contributed by atoms with Crippen LogP contribution in [0.5, 0.6) is 0 Å². The molecular formula is C7H14Cl2O. The van der Waals surface area contributed by atoms with Crippen LogP contribution in [0.3, 0.4) is 0 Å². The summed E-state index contributed by atoms with van der Waals surface area (Å²) in [7, 11) is 0. The molecule has 0 aromatic carbocycles. The first kappa shape index (κ1) is 10.5. The number of halogens is 2. The van der Waals surface area contributed by atoms with E-state index in [0.717, 1.165) is 12.8 Å². The van der Waals surface area contributed by atoms with E-state index in [1.165, 1.54) is 19.3 Å². The van der Waals surface area contributed by atoms with Crippen molar-refractivity contribution >= 4 is 23.2 Å². The van der Waals surface area contributed by atoms with E-state index < -0.39 is 0 Å². The van der Waals surface area contributed by atoms with Gasteiger partial charge in [-0.3, -0.25) is 0 Å². The third kappa shape index (κ3) is 6.66. The molecule has 0 bridgehead atoms. The molecule has 0 saturated heterocycles. The summed E-state index contributed by atoms with van der Waals surface area (Å²) >= 11 is 9.53. The van der Waals surface area contributed by atoms with E-state index in [-0.39, 0.29) is 11.4 Å². The van der Waals surface area contributed by atoms with E-state index in [0.29, 0.717) is 0 Å². The minimum atomic E-state index is 0.0359. The Labute approximate surface area is 72.3 Å². The normalized spacial score (nSPS) is 19.5. The highest BCUT2D eigenvalue weighted by atomic mass is 35.5. The Morgan fingerprint density at radius 3 is 1.70 bits per heavy atom. The van der Waals surface area contributed by atoms with E-state index in [9.17, 15) is 0 Å². The Bertz CT molecular complexity index is 62.6. The van der Waals surface area contributed by atoms with Crippen molar-refractivity contribution in [2.75, 3.05) is 5.34 Å². The van der Waals surface area contributed by atoms with Gasteiger partial charge >= 0.3 is 0 Å². The fraction of sp³-hybridized carbons (Fsp3) is 1.00. The molecule has 0 aromatic heterocycles. The van der Waals surface area contributed by atoms with Crippen molar-refractivity contribution in [2.45, 2.75) is 38.2 Å². The van der Waals surface area contributed by atoms with Crippen LogP contribution in [0.4, 0.5) is 0 Å². The van der Waals surface area contributed by atoms with Gasteiger partial charge in [-0.15, -0.1) is 23.2 Å². The summed E-state index contributed by atoms with van der Waals surface area (Å²) < 4.78 is 0. The lowest BCUT2D eigenvalue weighted by Gasteiger charge is -2.14. The minimum Gasteiger partial charge on any atom is -0.393 e. The third-order valence-corrected chi connectivity index (χ3v) is 1.57. The lowest BCUT2D eigenvalue weighted by molar-refractivity contribution is 0.130. The summed E-state index contributed by atoms with van der Waals surface area (Å²) in [5.41, 5.74) is 0. The van der Waals surface area contributed by atoms with Crippen LogP contribution in [0.25, 0.3) is 0 Å². The highest BCUT2D eigenvalue weighted by Crippen LogP contribution is 2.16. The maximum absolute atomic E-state index is 8.91. The van der Waals surface area contributed by atoms with Crippen LogP contribution < -0.4 is 0 Å². The molecule has 1 N–H and O–H groups in total. The average molecular weight is 185 g/mol. The summed E-state index contributed by atoms with van der Waals surface area (Å²) in [4.78, 5) is 0. The lowest BCUT2D eigenvalue weighted by Crippen LogP contribution is -2.09. The molecule has 10 heavy (non-hydrogen) atoms. The van der Waals surface area contributed by atoms with Gasteiger partial charge < -0.3 is 5.11 Å². The van der Waals surface area contributed by atoms with Crippen molar-refractivity contribution in [3.63, 3.8) is 0 Å². The van der Waals surface area contributed by atoms with Crippen LogP contribution >= 0.6 is 23.2 Å². The predicted molar refractivity (Wildman–Crippen MR) is 45.7 cm³/mol. The molecule has 1 aliphatic rings. The van der Waals surface area contributed by atoms with Gasteiger partial charge in [-0.2, -0.15) is 0 Å². The van der Waals surface area contributed by atoms with Crippen LogP contribution in [0.1, 0.15) is 32.1 Å². The van der Waals surface area contributed by atoms with Gasteiger partial charge in [-0.1, -0.05) is 19.3 Å². The Balaban J connectivity index is 0.000000236. The van der Waals surface area contributed by atoms with Crippen molar-refractivity contribution in [1.29, 1.82) is 0 Å². The monoisotopic (exact) mass is 184 g/mol. The molecule has 62 valence electrons. The van der Waals surface area contributed by atoms with E-state index >= 15 is 0 Å². The second-order valence-corrected chi connectivity index (χ2v) is 3.20. The molecule has 0 amide bonds. The lowest BCUT2D eigenvalue weighted by atomic mass is 9.98. The molecule has 1 fully saturated rings. The third-order valence-electron chi connectivity index (χ3n) is 1.57. The highest BCUT2D eigenvalue weighted by molar-refractivity contribution is 6.40. The van der Waals surface area contributed by atoms with Crippen molar-refractivity contribution < 1.29 is 5.11 Å². The molecule has 1 saturated carbocycles. The Hall–Kier alpha value is 0.540. The number of aliphatic hydroxyl groups excluding tert-OH is 1. The molecule has 0 aromatic rings. The summed E-state index contributed by atoms with van der Waals surface area (Å²) in [6.07, 6.45) is 5.92. The maximum Gasteiger partial charge on any atom is 0.0967 e. The Morgan fingerprint density at radius 1 is 1.10 bits per heavy atom. The zero-order valence-electron chi connectivity index (χ0n) is 6.02. The van der Waals surface area contributed by atoms with Gasteiger partial charge in [0, 0.05) is 0 Å². The topological polar surface area (TPSA) is 20.2 Å². The Morgan fingerprint density at radius 2 is 1.50 bits per heavy atom. The smallest absolute Gasteiger partial charge is 0.0967 e. The first-order valence-corrected chi connectivity index (χ1v) is 4.68. The van der Waals surface area contributed by atoms with Gasteiger partial charge in [0.05, 0.1) is 11.4 Å². The van der Waals surface area contributed by atoms with Crippen molar-refractivity contribution in [3.05, 3.63) is 0 Å². The molecule has 0 atom stereocenters. The molecule has 0 unspecified atom stereocenters. The van der Waals surface area contributed by atoms with Crippen LogP contribution in [0, 0.1) is 0 Å². The highest BCUT2D eigenvalue weighted by Gasteiger charge is 2.07. The molecule has 0 spiro atoms. The first-order valence-electron chi connectivity index (χ1n) is 3.61. The molecule has 1 rings (SSSR count). The van der Waals surface area contributed by atoms with Crippen molar-refractivity contribution in [3.8, 4) is 0 Å². The average Bonchev–Trinajstić information content (AvgIpc) is 1.91. The molecular weight excluding hydrogens is 171 g/mol. The zero-order valence-corrected chi connectivity index (χ0v) is 7.53. The number of hydrogen-bond donors (Lipinski definition) is 1. The van der Waals surface area contributed by atoms with Gasteiger partial charge in [-0.05, 0) is 12.8 Å². The largest absolute Gasteiger partial charge is 0.393 e. The zero-order chi connectivity index (χ0) is 7.82. The van der Waals surface area contributed by atoms with Crippen LogP contribution in [-0.4, -0.2) is 16.5 Å². The summed E-state index contributed by atoms with van der Waals surface area (Å²) in [6.45, 7) is 0. The van der Waals surface area contributed by atoms with Gasteiger partial charge in [0.25, 0.3) is 0 Å². The van der Waals surface area contributed by atoms with Crippen molar-refractivity contribution in [2.24, 2.45) is 0 Å². The molecule has 1 aliphatic carbocycles. The molecule has 0 radical (unpaired) electrons. The van der Waals surface area contributed by atoms with Crippen LogP contribution in [0.2, 0.25) is 0 Å². The second kappa shape index (κ2) is 7.64. The number of alkyl halides is 2. The van der Waals surface area contributed by atoms with Crippen molar-refractivity contribution in [1.82, 2.24) is 0 Å². The number of rotatable bonds is 0. The number of aliphatic hydroxyl groups is 1. The summed E-state index contributed by atoms with van der Waals surface area (Å²) in [5.74, 6) is 0. The predicted octanol–water partition coefficient (Wildman–Crippen LogP) is 2.73. The molecule has 1 nitrogen and oxygen atoms in total. The summed E-state index contributed by atoms with van der Waals surface area (Å²) in [6, 6.07) is 0. The van der Waals surface area contributed by atoms with Gasteiger partial charge in [0.2, 0.25) is 0 Å². The molecule has 0 aliphatic heterocycles. The van der Waals surface area contributed by atoms with E-state index in [2.05, 4.69) is 0 Å². The fourth-order valence-electron chi connectivity index (χ4n) is 1.08. The quantitative estimate of drug-likeness (QED) is 0.575. The van der Waals surface area contributed by atoms with Crippen LogP contribution in [0.15, 0.2) is 0 Å². The number of hydrogen-bond acceptors (Lipinski definition) is 1.